The quantitative estimate of drug-likeness (QED) is 0.0264. The predicted octanol–water partition coefficient (Wildman–Crippen LogP) is 31.7. The minimum absolute atomic E-state index is 0.0585. The molecule has 0 aromatic carbocycles. The number of carbonyl (C=O) groups excluding carboxylic acids is 2. The molecule has 102 heavy (non-hydrogen) atoms. The first-order valence-corrected chi connectivity index (χ1v) is 48.2. The molecule has 9 nitrogen and oxygen atoms in total. The highest BCUT2D eigenvalue weighted by Gasteiger charge is 2.26. The Bertz CT molecular complexity index is 1680. The molecule has 0 saturated carbocycles. The third kappa shape index (κ3) is 87.7. The van der Waals surface area contributed by atoms with Gasteiger partial charge in [0, 0.05) is 19.4 Å². The average Bonchev–Trinajstić information content (AvgIpc) is 0.948. The molecule has 0 rings (SSSR count). The van der Waals surface area contributed by atoms with Gasteiger partial charge in [-0.2, -0.15) is 0 Å². The molecule has 0 saturated heterocycles. The van der Waals surface area contributed by atoms with E-state index in [-0.39, 0.29) is 32.1 Å². The van der Waals surface area contributed by atoms with Crippen LogP contribution in [0.15, 0.2) is 12.2 Å². The van der Waals surface area contributed by atoms with Gasteiger partial charge in [-0.3, -0.25) is 18.6 Å². The predicted molar refractivity (Wildman–Crippen MR) is 446 cm³/mol. The topological polar surface area (TPSA) is 134 Å². The van der Waals surface area contributed by atoms with Crippen molar-refractivity contribution in [1.82, 2.24) is 0 Å². The molecule has 0 spiro atoms. The van der Waals surface area contributed by atoms with Crippen LogP contribution in [0.3, 0.4) is 0 Å². The summed E-state index contributed by atoms with van der Waals surface area (Å²) in [4.78, 5) is 35.6. The van der Waals surface area contributed by atoms with Crippen LogP contribution in [0.25, 0.3) is 0 Å². The molecule has 0 aromatic rings. The van der Waals surface area contributed by atoms with E-state index in [1.165, 1.54) is 469 Å². The van der Waals surface area contributed by atoms with Gasteiger partial charge in [0.25, 0.3) is 0 Å². The molecule has 0 aromatic heterocycles. The number of allylic oxidation sites excluding steroid dienone is 2. The molecule has 2 atom stereocenters. The van der Waals surface area contributed by atoms with Crippen LogP contribution in [-0.2, 0) is 32.7 Å². The first kappa shape index (κ1) is 101. The fourth-order valence-corrected chi connectivity index (χ4v) is 15.8. The van der Waals surface area contributed by atoms with E-state index in [1.54, 1.807) is 0 Å². The number of rotatable bonds is 91. The molecule has 0 aliphatic heterocycles. The summed E-state index contributed by atoms with van der Waals surface area (Å²) < 4.78 is 33.4. The zero-order valence-electron chi connectivity index (χ0n) is 69.2. The lowest BCUT2D eigenvalue weighted by atomic mass is 10.0. The number of esters is 2. The van der Waals surface area contributed by atoms with Crippen molar-refractivity contribution >= 4 is 19.8 Å². The minimum atomic E-state index is -4.39. The van der Waals surface area contributed by atoms with Crippen molar-refractivity contribution in [3.63, 3.8) is 0 Å². The van der Waals surface area contributed by atoms with Gasteiger partial charge in [0.2, 0.25) is 0 Å². The van der Waals surface area contributed by atoms with Crippen LogP contribution in [0, 0.1) is 0 Å². The number of ether oxygens (including phenoxy) is 2. The summed E-state index contributed by atoms with van der Waals surface area (Å²) in [6.07, 6.45) is 113. The summed E-state index contributed by atoms with van der Waals surface area (Å²) in [5, 5.41) is 0. The van der Waals surface area contributed by atoms with Gasteiger partial charge in [0.15, 0.2) is 6.10 Å². The normalized spacial score (nSPS) is 12.7. The van der Waals surface area contributed by atoms with Gasteiger partial charge >= 0.3 is 19.8 Å². The zero-order chi connectivity index (χ0) is 73.6. The van der Waals surface area contributed by atoms with Gasteiger partial charge < -0.3 is 20.1 Å². The van der Waals surface area contributed by atoms with E-state index in [2.05, 4.69) is 26.0 Å². The summed E-state index contributed by atoms with van der Waals surface area (Å²) >= 11 is 0. The fourth-order valence-electron chi connectivity index (χ4n) is 15.0. The first-order chi connectivity index (χ1) is 50.3. The van der Waals surface area contributed by atoms with Gasteiger partial charge in [-0.1, -0.05) is 495 Å². The standard InChI is InChI=1S/C92H182NO8P/c1-3-5-7-9-11-13-15-17-19-21-23-25-27-29-31-33-35-37-39-41-43-45-47-49-51-53-55-57-59-61-63-65-67-69-71-73-75-77-79-81-83-85-92(95)101-90(89-100-102(96,97)99-87-86-93)88-98-91(94)84-82-80-78-76-74-72-70-68-66-64-62-60-58-56-54-52-50-48-46-44-42-40-38-36-34-32-30-28-26-24-22-20-18-16-14-12-10-8-6-4-2/h21,23,90H,3-20,22,24-89,93H2,1-2H3,(H,96,97)/b23-21-. The Labute approximate surface area is 638 Å². The number of phosphoric acid groups is 1. The van der Waals surface area contributed by atoms with Crippen LogP contribution in [0.2, 0.25) is 0 Å². The molecular formula is C92H182NO8P. The lowest BCUT2D eigenvalue weighted by Gasteiger charge is -2.19. The van der Waals surface area contributed by atoms with Gasteiger partial charge in [0.05, 0.1) is 13.2 Å². The van der Waals surface area contributed by atoms with E-state index in [4.69, 9.17) is 24.3 Å². The van der Waals surface area contributed by atoms with E-state index >= 15 is 0 Å². The van der Waals surface area contributed by atoms with Crippen LogP contribution < -0.4 is 5.73 Å². The van der Waals surface area contributed by atoms with Crippen LogP contribution >= 0.6 is 7.82 Å². The molecular weight excluding hydrogens is 1280 g/mol. The molecule has 608 valence electrons. The van der Waals surface area contributed by atoms with Crippen molar-refractivity contribution in [1.29, 1.82) is 0 Å². The molecule has 0 radical (unpaired) electrons. The van der Waals surface area contributed by atoms with E-state index < -0.39 is 26.5 Å². The Balaban J connectivity index is 3.66. The molecule has 0 fully saturated rings. The highest BCUT2D eigenvalue weighted by molar-refractivity contribution is 7.47. The second-order valence-electron chi connectivity index (χ2n) is 32.2. The molecule has 0 heterocycles. The maximum absolute atomic E-state index is 12.8. The number of unbranched alkanes of at least 4 members (excludes halogenated alkanes) is 76. The molecule has 0 aliphatic carbocycles. The van der Waals surface area contributed by atoms with E-state index in [1.807, 2.05) is 0 Å². The minimum Gasteiger partial charge on any atom is -0.462 e. The monoisotopic (exact) mass is 1460 g/mol. The summed E-state index contributed by atoms with van der Waals surface area (Å²) in [5.41, 5.74) is 5.43. The zero-order valence-corrected chi connectivity index (χ0v) is 70.1. The van der Waals surface area contributed by atoms with Crippen molar-refractivity contribution in [3.8, 4) is 0 Å². The highest BCUT2D eigenvalue weighted by atomic mass is 31.2. The third-order valence-corrected chi connectivity index (χ3v) is 22.9. The van der Waals surface area contributed by atoms with Crippen molar-refractivity contribution in [2.45, 2.75) is 540 Å². The van der Waals surface area contributed by atoms with Crippen molar-refractivity contribution in [2.75, 3.05) is 26.4 Å². The maximum Gasteiger partial charge on any atom is 0.472 e. The average molecular weight is 1460 g/mol. The molecule has 0 aliphatic rings. The Morgan fingerprint density at radius 1 is 0.284 bits per heavy atom. The largest absolute Gasteiger partial charge is 0.472 e. The third-order valence-electron chi connectivity index (χ3n) is 21.9. The molecule has 2 unspecified atom stereocenters. The van der Waals surface area contributed by atoms with Gasteiger partial charge in [0.1, 0.15) is 6.61 Å². The second kappa shape index (κ2) is 88.7. The Hall–Kier alpha value is -1.25. The van der Waals surface area contributed by atoms with Crippen LogP contribution in [0.4, 0.5) is 0 Å². The molecule has 3 N–H and O–H groups in total. The summed E-state index contributed by atoms with van der Waals surface area (Å²) in [5.74, 6) is -0.793. The number of nitrogens with two attached hydrogens (primary N) is 1. The molecule has 0 amide bonds. The highest BCUT2D eigenvalue weighted by Crippen LogP contribution is 2.43. The van der Waals surface area contributed by atoms with Crippen LogP contribution in [-0.4, -0.2) is 49.3 Å². The SMILES string of the molecule is CCCCCCCCCC/C=C\CCCCCCCCCCCCCCCCCCCCCCCCCCCCCCCC(=O)OC(COC(=O)CCCCCCCCCCCCCCCCCCCCCCCCCCCCCCCCCCCCCCCCCC)COP(=O)(O)OCCN. The lowest BCUT2D eigenvalue weighted by molar-refractivity contribution is -0.161. The van der Waals surface area contributed by atoms with Crippen molar-refractivity contribution in [3.05, 3.63) is 12.2 Å². The summed E-state index contributed by atoms with van der Waals surface area (Å²) in [6.45, 7) is 3.86. The summed E-state index contributed by atoms with van der Waals surface area (Å²) in [7, 11) is -4.39. The fraction of sp³-hybridized carbons (Fsp3) is 0.957. The van der Waals surface area contributed by atoms with Gasteiger partial charge in [-0.15, -0.1) is 0 Å². The van der Waals surface area contributed by atoms with Crippen molar-refractivity contribution in [2.24, 2.45) is 5.73 Å². The molecule has 0 bridgehead atoms. The maximum atomic E-state index is 12.8. The van der Waals surface area contributed by atoms with Crippen LogP contribution in [0.1, 0.15) is 534 Å². The number of hydrogen-bond donors (Lipinski definition) is 2. The Morgan fingerprint density at radius 2 is 0.480 bits per heavy atom. The summed E-state index contributed by atoms with van der Waals surface area (Å²) in [6, 6.07) is 0. The number of phosphoric ester groups is 1. The Morgan fingerprint density at radius 3 is 0.696 bits per heavy atom. The number of hydrogen-bond acceptors (Lipinski definition) is 8. The molecule has 10 heteroatoms. The van der Waals surface area contributed by atoms with E-state index in [0.717, 1.165) is 32.1 Å². The van der Waals surface area contributed by atoms with Gasteiger partial charge in [-0.05, 0) is 38.5 Å². The van der Waals surface area contributed by atoms with Crippen molar-refractivity contribution < 1.29 is 37.6 Å². The van der Waals surface area contributed by atoms with Crippen LogP contribution in [0.5, 0.6) is 0 Å². The smallest absolute Gasteiger partial charge is 0.462 e. The first-order valence-electron chi connectivity index (χ1n) is 46.7. The lowest BCUT2D eigenvalue weighted by Crippen LogP contribution is -2.29. The van der Waals surface area contributed by atoms with E-state index in [0.29, 0.717) is 12.8 Å². The van der Waals surface area contributed by atoms with E-state index in [9.17, 15) is 19.0 Å². The Kier molecular flexibility index (Phi) is 87.6. The number of carbonyl (C=O) groups is 2. The second-order valence-corrected chi connectivity index (χ2v) is 33.7. The van der Waals surface area contributed by atoms with Gasteiger partial charge in [-0.25, -0.2) is 4.57 Å².